The van der Waals surface area contributed by atoms with Gasteiger partial charge in [0.2, 0.25) is 11.8 Å². The Hall–Kier alpha value is -6.74. The molecule has 0 spiro atoms. The minimum atomic E-state index is -0.546. The van der Waals surface area contributed by atoms with Gasteiger partial charge in [-0.1, -0.05) is 48.5 Å². The van der Waals surface area contributed by atoms with E-state index in [1.165, 1.54) is 0 Å². The standard InChI is InChI=1S/C23H19BrN2O4.C22H17BrN2O4/c1-27-18-10-15-20(12-8-17(24)22(29-3)19(9-12)28-2)16(11-25)23(26)30-21(15)14-7-5-4-6-13(14)18;1-27-18-8-11(7-16(23)21(18)28-2)19-14-9-17(26)12-5-3-4-6-13(12)20(14)29-22(25)15(19)10-24/h4-10,20H,26H2,1-3H3;3-9,19,26H,25H2,1-2H3. The molecule has 8 rings (SSSR count). The van der Waals surface area contributed by atoms with Gasteiger partial charge < -0.3 is 49.7 Å². The number of hydrogen-bond donors (Lipinski definition) is 3. The Kier molecular flexibility index (Phi) is 11.4. The molecule has 0 radical (unpaired) electrons. The van der Waals surface area contributed by atoms with Gasteiger partial charge in [-0.05, 0) is 79.4 Å². The van der Waals surface area contributed by atoms with Gasteiger partial charge in [0.15, 0.2) is 23.0 Å². The molecule has 14 heteroatoms. The fourth-order valence-corrected chi connectivity index (χ4v) is 8.82. The highest BCUT2D eigenvalue weighted by atomic mass is 79.9. The van der Waals surface area contributed by atoms with Crippen LogP contribution in [0.15, 0.2) is 117 Å². The molecule has 0 saturated heterocycles. The number of halogens is 2. The number of fused-ring (bicyclic) bond motifs is 6. The molecule has 2 aliphatic heterocycles. The Bertz CT molecular complexity index is 2830. The molecule has 298 valence electrons. The van der Waals surface area contributed by atoms with Crippen LogP contribution in [0.1, 0.15) is 34.1 Å². The number of benzene rings is 6. The molecule has 0 aliphatic carbocycles. The number of ether oxygens (including phenoxy) is 7. The highest BCUT2D eigenvalue weighted by Gasteiger charge is 2.35. The lowest BCUT2D eigenvalue weighted by Crippen LogP contribution is -2.21. The van der Waals surface area contributed by atoms with Gasteiger partial charge in [-0.2, -0.15) is 10.5 Å². The molecule has 2 unspecified atom stereocenters. The number of phenols is 1. The second-order valence-corrected chi connectivity index (χ2v) is 14.9. The summed E-state index contributed by atoms with van der Waals surface area (Å²) in [5, 5.41) is 33.4. The Morgan fingerprint density at radius 3 is 1.39 bits per heavy atom. The van der Waals surface area contributed by atoms with Gasteiger partial charge in [0, 0.05) is 32.7 Å². The number of methoxy groups -OCH3 is 5. The van der Waals surface area contributed by atoms with Crippen molar-refractivity contribution < 1.29 is 38.3 Å². The number of aromatic hydroxyl groups is 1. The third-order valence-corrected chi connectivity index (χ3v) is 11.4. The Morgan fingerprint density at radius 1 is 0.559 bits per heavy atom. The van der Waals surface area contributed by atoms with Gasteiger partial charge in [-0.15, -0.1) is 0 Å². The first kappa shape index (κ1) is 40.5. The lowest BCUT2D eigenvalue weighted by atomic mass is 9.82. The summed E-state index contributed by atoms with van der Waals surface area (Å²) in [4.78, 5) is 0. The zero-order valence-electron chi connectivity index (χ0n) is 32.3. The predicted molar refractivity (Wildman–Crippen MR) is 229 cm³/mol. The van der Waals surface area contributed by atoms with E-state index in [2.05, 4.69) is 44.0 Å². The Balaban J connectivity index is 0.000000179. The molecule has 12 nitrogen and oxygen atoms in total. The van der Waals surface area contributed by atoms with Gasteiger partial charge in [0.25, 0.3) is 0 Å². The summed E-state index contributed by atoms with van der Waals surface area (Å²) >= 11 is 7.04. The van der Waals surface area contributed by atoms with Gasteiger partial charge in [0.1, 0.15) is 46.3 Å². The van der Waals surface area contributed by atoms with Crippen LogP contribution in [0.3, 0.4) is 0 Å². The number of rotatable bonds is 7. The van der Waals surface area contributed by atoms with E-state index in [1.807, 2.05) is 66.7 Å². The van der Waals surface area contributed by atoms with Crippen molar-refractivity contribution in [3.05, 3.63) is 139 Å². The number of allylic oxidation sites excluding steroid dienone is 2. The van der Waals surface area contributed by atoms with Crippen molar-refractivity contribution >= 4 is 53.4 Å². The molecule has 0 amide bonds. The number of nitriles is 2. The first-order chi connectivity index (χ1) is 28.5. The minimum absolute atomic E-state index is 0.0340. The first-order valence-corrected chi connectivity index (χ1v) is 19.4. The normalized spacial score (nSPS) is 15.3. The second-order valence-electron chi connectivity index (χ2n) is 13.2. The molecule has 0 saturated carbocycles. The summed E-state index contributed by atoms with van der Waals surface area (Å²) < 4.78 is 40.6. The van der Waals surface area contributed by atoms with Crippen molar-refractivity contribution in [2.45, 2.75) is 11.8 Å². The molecular weight excluding hydrogens is 884 g/mol. The summed E-state index contributed by atoms with van der Waals surface area (Å²) in [6.45, 7) is 0. The van der Waals surface area contributed by atoms with Crippen molar-refractivity contribution in [1.82, 2.24) is 0 Å². The van der Waals surface area contributed by atoms with E-state index in [0.29, 0.717) is 71.1 Å². The molecule has 5 N–H and O–H groups in total. The minimum Gasteiger partial charge on any atom is -0.507 e. The molecular formula is C45H36Br2N4O8. The van der Waals surface area contributed by atoms with E-state index >= 15 is 0 Å². The van der Waals surface area contributed by atoms with Crippen LogP contribution in [0, 0.1) is 22.7 Å². The number of nitrogens with two attached hydrogens (primary N) is 2. The smallest absolute Gasteiger partial charge is 0.205 e. The van der Waals surface area contributed by atoms with Crippen LogP contribution in [0.2, 0.25) is 0 Å². The van der Waals surface area contributed by atoms with E-state index in [4.69, 9.17) is 44.6 Å². The zero-order valence-corrected chi connectivity index (χ0v) is 35.5. The van der Waals surface area contributed by atoms with Crippen LogP contribution in [0.5, 0.6) is 46.0 Å². The molecule has 59 heavy (non-hydrogen) atoms. The number of nitrogens with zero attached hydrogens (tertiary/aromatic N) is 2. The third kappa shape index (κ3) is 7.00. The highest BCUT2D eigenvalue weighted by molar-refractivity contribution is 9.11. The average molecular weight is 921 g/mol. The molecule has 6 aromatic rings. The highest BCUT2D eigenvalue weighted by Crippen LogP contribution is 2.52. The molecule has 6 aromatic carbocycles. The monoisotopic (exact) mass is 918 g/mol. The number of phenolic OH excluding ortho intramolecular Hbond substituents is 1. The van der Waals surface area contributed by atoms with Gasteiger partial charge in [0.05, 0.1) is 56.3 Å². The van der Waals surface area contributed by atoms with Crippen LogP contribution in [-0.4, -0.2) is 40.7 Å². The van der Waals surface area contributed by atoms with E-state index < -0.39 is 11.8 Å². The first-order valence-electron chi connectivity index (χ1n) is 17.9. The Labute approximate surface area is 356 Å². The van der Waals surface area contributed by atoms with Gasteiger partial charge >= 0.3 is 0 Å². The van der Waals surface area contributed by atoms with Crippen LogP contribution >= 0.6 is 31.9 Å². The SMILES string of the molecule is COc1cc(C2C(C#N)=C(N)Oc3c2cc(O)c2ccccc32)cc(Br)c1OC.COc1cc(C2C(C#N)=C(N)Oc3c2cc(OC)c2ccccc32)cc(Br)c1OC. The van der Waals surface area contributed by atoms with Crippen molar-refractivity contribution in [3.8, 4) is 58.1 Å². The largest absolute Gasteiger partial charge is 0.507 e. The maximum absolute atomic E-state index is 10.6. The van der Waals surface area contributed by atoms with Gasteiger partial charge in [-0.25, -0.2) is 0 Å². The van der Waals surface area contributed by atoms with Crippen molar-refractivity contribution in [2.24, 2.45) is 11.5 Å². The van der Waals surface area contributed by atoms with E-state index in [9.17, 15) is 15.6 Å². The number of hydrogen-bond acceptors (Lipinski definition) is 12. The van der Waals surface area contributed by atoms with E-state index in [1.54, 1.807) is 53.7 Å². The van der Waals surface area contributed by atoms with Gasteiger partial charge in [-0.3, -0.25) is 0 Å². The van der Waals surface area contributed by atoms with Crippen molar-refractivity contribution in [1.29, 1.82) is 10.5 Å². The fraction of sp³-hybridized carbons (Fsp3) is 0.156. The van der Waals surface area contributed by atoms with Crippen LogP contribution < -0.4 is 44.6 Å². The van der Waals surface area contributed by atoms with E-state index in [0.717, 1.165) is 27.5 Å². The molecule has 2 aliphatic rings. The fourth-order valence-electron chi connectivity index (χ4n) is 7.58. The van der Waals surface area contributed by atoms with Crippen molar-refractivity contribution in [2.75, 3.05) is 35.5 Å². The maximum atomic E-state index is 10.6. The Morgan fingerprint density at radius 2 is 0.966 bits per heavy atom. The topological polar surface area (TPSA) is 184 Å². The molecule has 0 fully saturated rings. The summed E-state index contributed by atoms with van der Waals surface area (Å²) in [5.74, 6) is 3.18. The quantitative estimate of drug-likeness (QED) is 0.138. The maximum Gasteiger partial charge on any atom is 0.205 e. The van der Waals surface area contributed by atoms with Crippen LogP contribution in [0.25, 0.3) is 21.5 Å². The third-order valence-electron chi connectivity index (χ3n) is 10.2. The summed E-state index contributed by atoms with van der Waals surface area (Å²) in [5.41, 5.74) is 15.9. The molecule has 2 atom stereocenters. The van der Waals surface area contributed by atoms with Crippen LogP contribution in [-0.2, 0) is 0 Å². The summed E-state index contributed by atoms with van der Waals surface area (Å²) in [6, 6.07) is 30.4. The zero-order chi connectivity index (χ0) is 42.1. The van der Waals surface area contributed by atoms with E-state index in [-0.39, 0.29) is 23.1 Å². The average Bonchev–Trinajstić information content (AvgIpc) is 3.25. The van der Waals surface area contributed by atoms with Crippen molar-refractivity contribution in [3.63, 3.8) is 0 Å². The van der Waals surface area contributed by atoms with Crippen LogP contribution in [0.4, 0.5) is 0 Å². The lowest BCUT2D eigenvalue weighted by molar-refractivity contribution is 0.352. The summed E-state index contributed by atoms with van der Waals surface area (Å²) in [7, 11) is 7.85. The summed E-state index contributed by atoms with van der Waals surface area (Å²) in [6.07, 6.45) is 0. The molecule has 0 bridgehead atoms. The molecule has 0 aromatic heterocycles. The molecule has 2 heterocycles. The second kappa shape index (κ2) is 16.6. The lowest BCUT2D eigenvalue weighted by Gasteiger charge is -2.28. The predicted octanol–water partition coefficient (Wildman–Crippen LogP) is 9.39.